The number of ether oxygens (including phenoxy) is 1. The lowest BCUT2D eigenvalue weighted by molar-refractivity contribution is -0.137. The summed E-state index contributed by atoms with van der Waals surface area (Å²) < 4.78 is 80.5. The fourth-order valence-corrected chi connectivity index (χ4v) is 8.08. The number of primary sulfonamides is 1. The molecule has 0 saturated carbocycles. The summed E-state index contributed by atoms with van der Waals surface area (Å²) in [5.41, 5.74) is 0.884. The molecule has 0 spiro atoms. The molecule has 0 aliphatic heterocycles. The van der Waals surface area contributed by atoms with Gasteiger partial charge in [0.25, 0.3) is 0 Å². The normalized spacial score (nSPS) is 12.0. The van der Waals surface area contributed by atoms with Crippen LogP contribution in [0.15, 0.2) is 139 Å². The number of hydrogen-bond acceptors (Lipinski definition) is 8. The van der Waals surface area contributed by atoms with Crippen LogP contribution in [0, 0.1) is 18.3 Å². The van der Waals surface area contributed by atoms with Crippen LogP contribution in [-0.2, 0) is 21.7 Å². The standard InChI is InChI=1S/C39H27F3N6O3S2/c1-25-33(23-46-48(25)38(26-11-5-2-6-12-26,27-13-7-3-8-14-27)28-15-9-4-10-16-28)31-21-29(39(40,41)42)17-19-34(31)51-35-20-18-30(37-45-24-47-52-37)36(32(35)22-43)53(44,49)50/h2-21,23-24H,1H3,(H2,44,49,50). The molecule has 0 aliphatic rings. The van der Waals surface area contributed by atoms with E-state index >= 15 is 0 Å². The fourth-order valence-electron chi connectivity index (χ4n) is 6.55. The van der Waals surface area contributed by atoms with Crippen molar-refractivity contribution in [3.05, 3.63) is 167 Å². The van der Waals surface area contributed by atoms with Crippen molar-refractivity contribution in [2.24, 2.45) is 5.14 Å². The van der Waals surface area contributed by atoms with E-state index in [1.807, 2.05) is 97.1 Å². The van der Waals surface area contributed by atoms with Gasteiger partial charge in [0.1, 0.15) is 44.9 Å². The van der Waals surface area contributed by atoms with Crippen LogP contribution in [0.5, 0.6) is 11.5 Å². The average Bonchev–Trinajstić information content (AvgIpc) is 3.83. The van der Waals surface area contributed by atoms with Crippen LogP contribution in [0.3, 0.4) is 0 Å². The summed E-state index contributed by atoms with van der Waals surface area (Å²) in [6, 6.07) is 36.5. The Hall–Kier alpha value is -6.14. The van der Waals surface area contributed by atoms with Gasteiger partial charge in [0, 0.05) is 22.4 Å². The largest absolute Gasteiger partial charge is 0.455 e. The molecule has 53 heavy (non-hydrogen) atoms. The number of nitrogens with two attached hydrogens (primary N) is 1. The summed E-state index contributed by atoms with van der Waals surface area (Å²) in [5.74, 6) is -0.339. The molecular weight excluding hydrogens is 722 g/mol. The van der Waals surface area contributed by atoms with Gasteiger partial charge in [-0.05, 0) is 65.5 Å². The molecule has 0 amide bonds. The van der Waals surface area contributed by atoms with Crippen LogP contribution in [0.2, 0.25) is 0 Å². The van der Waals surface area contributed by atoms with Crippen LogP contribution >= 0.6 is 11.5 Å². The van der Waals surface area contributed by atoms with Gasteiger partial charge in [-0.3, -0.25) is 0 Å². The number of alkyl halides is 3. The highest BCUT2D eigenvalue weighted by Gasteiger charge is 2.41. The number of hydrogen-bond donors (Lipinski definition) is 1. The molecule has 0 atom stereocenters. The Labute approximate surface area is 306 Å². The van der Waals surface area contributed by atoms with Crippen molar-refractivity contribution in [3.8, 4) is 39.3 Å². The van der Waals surface area contributed by atoms with E-state index < -0.39 is 37.8 Å². The van der Waals surface area contributed by atoms with Gasteiger partial charge in [0.2, 0.25) is 10.0 Å². The Morgan fingerprint density at radius 2 is 1.34 bits per heavy atom. The van der Waals surface area contributed by atoms with Gasteiger partial charge in [0.05, 0.1) is 11.8 Å². The molecule has 0 saturated heterocycles. The number of sulfonamides is 1. The zero-order valence-corrected chi connectivity index (χ0v) is 29.3. The zero-order valence-electron chi connectivity index (χ0n) is 27.7. The number of nitrogens with zero attached hydrogens (tertiary/aromatic N) is 5. The predicted molar refractivity (Wildman–Crippen MR) is 194 cm³/mol. The molecule has 0 aliphatic carbocycles. The molecular formula is C39H27F3N6O3S2. The first kappa shape index (κ1) is 35.3. The van der Waals surface area contributed by atoms with Crippen molar-refractivity contribution in [3.63, 3.8) is 0 Å². The first-order valence-corrected chi connectivity index (χ1v) is 18.2. The van der Waals surface area contributed by atoms with Gasteiger partial charge in [0.15, 0.2) is 0 Å². The Balaban J connectivity index is 1.47. The molecule has 7 rings (SSSR count). The van der Waals surface area contributed by atoms with Gasteiger partial charge in [-0.25, -0.2) is 23.2 Å². The van der Waals surface area contributed by atoms with Crippen molar-refractivity contribution in [1.82, 2.24) is 19.1 Å². The van der Waals surface area contributed by atoms with E-state index in [1.165, 1.54) is 24.7 Å². The number of rotatable bonds is 9. The van der Waals surface area contributed by atoms with Gasteiger partial charge < -0.3 is 4.74 Å². The minimum atomic E-state index is -4.72. The topological polar surface area (TPSA) is 137 Å². The highest BCUT2D eigenvalue weighted by molar-refractivity contribution is 7.89. The van der Waals surface area contributed by atoms with Crippen molar-refractivity contribution >= 4 is 21.6 Å². The van der Waals surface area contributed by atoms with Crippen molar-refractivity contribution in [1.29, 1.82) is 5.26 Å². The highest BCUT2D eigenvalue weighted by atomic mass is 32.2. The molecule has 2 aromatic heterocycles. The van der Waals surface area contributed by atoms with E-state index in [-0.39, 0.29) is 27.6 Å². The zero-order chi connectivity index (χ0) is 37.4. The van der Waals surface area contributed by atoms with E-state index in [2.05, 4.69) is 9.36 Å². The molecule has 2 heterocycles. The maximum atomic E-state index is 14.3. The molecule has 0 bridgehead atoms. The quantitative estimate of drug-likeness (QED) is 0.146. The molecule has 264 valence electrons. The molecule has 0 radical (unpaired) electrons. The smallest absolute Gasteiger partial charge is 0.416 e. The highest BCUT2D eigenvalue weighted by Crippen LogP contribution is 2.46. The Bertz CT molecular complexity index is 2480. The summed E-state index contributed by atoms with van der Waals surface area (Å²) in [7, 11) is -4.53. The van der Waals surface area contributed by atoms with Gasteiger partial charge in [-0.1, -0.05) is 91.0 Å². The number of aromatic nitrogens is 4. The second-order valence-electron chi connectivity index (χ2n) is 11.9. The maximum Gasteiger partial charge on any atom is 0.416 e. The first-order chi connectivity index (χ1) is 25.4. The van der Waals surface area contributed by atoms with E-state index in [1.54, 1.807) is 11.6 Å². The molecule has 2 N–H and O–H groups in total. The molecule has 0 unspecified atom stereocenters. The van der Waals surface area contributed by atoms with Crippen LogP contribution in [0.4, 0.5) is 13.2 Å². The lowest BCUT2D eigenvalue weighted by Crippen LogP contribution is -2.39. The summed E-state index contributed by atoms with van der Waals surface area (Å²) in [4.78, 5) is 3.50. The third-order valence-corrected chi connectivity index (χ3v) is 10.5. The summed E-state index contributed by atoms with van der Waals surface area (Å²) >= 11 is 0.893. The molecule has 5 aromatic carbocycles. The SMILES string of the molecule is Cc1c(-c2cc(C(F)(F)F)ccc2Oc2ccc(-c3ncns3)c(S(N)(=O)=O)c2C#N)cnn1C(c1ccccc1)(c1ccccc1)c1ccccc1. The lowest BCUT2D eigenvalue weighted by Gasteiger charge is -2.37. The molecule has 0 fully saturated rings. The van der Waals surface area contributed by atoms with E-state index in [9.17, 15) is 26.9 Å². The van der Waals surface area contributed by atoms with Crippen molar-refractivity contribution in [2.45, 2.75) is 23.5 Å². The van der Waals surface area contributed by atoms with Gasteiger partial charge in [-0.2, -0.15) is 27.9 Å². The predicted octanol–water partition coefficient (Wildman–Crippen LogP) is 8.55. The Morgan fingerprint density at radius 3 is 1.83 bits per heavy atom. The Kier molecular flexibility index (Phi) is 9.17. The average molecular weight is 749 g/mol. The summed E-state index contributed by atoms with van der Waals surface area (Å²) in [5, 5.41) is 20.9. The molecule has 7 aromatic rings. The van der Waals surface area contributed by atoms with Gasteiger partial charge >= 0.3 is 6.18 Å². The minimum absolute atomic E-state index is 0.000838. The Morgan fingerprint density at radius 1 is 0.774 bits per heavy atom. The number of nitriles is 1. The maximum absolute atomic E-state index is 14.3. The van der Waals surface area contributed by atoms with E-state index in [4.69, 9.17) is 15.0 Å². The van der Waals surface area contributed by atoms with Gasteiger partial charge in [-0.15, -0.1) is 0 Å². The van der Waals surface area contributed by atoms with Crippen molar-refractivity contribution < 1.29 is 26.3 Å². The monoisotopic (exact) mass is 748 g/mol. The lowest BCUT2D eigenvalue weighted by atomic mass is 9.77. The van der Waals surface area contributed by atoms with Crippen LogP contribution in [-0.4, -0.2) is 27.6 Å². The van der Waals surface area contributed by atoms with Crippen LogP contribution in [0.25, 0.3) is 21.7 Å². The molecule has 9 nitrogen and oxygen atoms in total. The van der Waals surface area contributed by atoms with E-state index in [0.717, 1.165) is 46.4 Å². The van der Waals surface area contributed by atoms with E-state index in [0.29, 0.717) is 11.3 Å². The first-order valence-electron chi connectivity index (χ1n) is 15.9. The third-order valence-electron chi connectivity index (χ3n) is 8.83. The molecule has 14 heteroatoms. The third kappa shape index (κ3) is 6.35. The second kappa shape index (κ2) is 13.8. The number of halogens is 3. The van der Waals surface area contributed by atoms with Crippen LogP contribution < -0.4 is 9.88 Å². The summed E-state index contributed by atoms with van der Waals surface area (Å²) in [6.07, 6.45) is -2.02. The second-order valence-corrected chi connectivity index (χ2v) is 14.2. The van der Waals surface area contributed by atoms with Crippen molar-refractivity contribution in [2.75, 3.05) is 0 Å². The minimum Gasteiger partial charge on any atom is -0.455 e. The van der Waals surface area contributed by atoms with Crippen LogP contribution in [0.1, 0.15) is 33.5 Å². The summed E-state index contributed by atoms with van der Waals surface area (Å²) in [6.45, 7) is 1.76. The fraction of sp³-hybridized carbons (Fsp3) is 0.0769. The number of benzene rings is 5.